The molecule has 0 bridgehead atoms. The third-order valence-corrected chi connectivity index (χ3v) is 2.86. The zero-order valence-corrected chi connectivity index (χ0v) is 11.6. The van der Waals surface area contributed by atoms with Crippen LogP contribution in [0.1, 0.15) is 32.3 Å². The maximum absolute atomic E-state index is 9.81. The molecule has 1 aromatic carbocycles. The van der Waals surface area contributed by atoms with Crippen molar-refractivity contribution in [3.8, 4) is 5.75 Å². The van der Waals surface area contributed by atoms with Gasteiger partial charge >= 0.3 is 0 Å². The van der Waals surface area contributed by atoms with Gasteiger partial charge in [-0.3, -0.25) is 0 Å². The summed E-state index contributed by atoms with van der Waals surface area (Å²) in [6.07, 6.45) is 1.82. The van der Waals surface area contributed by atoms with Crippen molar-refractivity contribution in [1.29, 1.82) is 0 Å². The maximum atomic E-state index is 9.81. The fourth-order valence-electron chi connectivity index (χ4n) is 1.83. The van der Waals surface area contributed by atoms with E-state index in [0.717, 1.165) is 24.2 Å². The number of hydrogen-bond acceptors (Lipinski definition) is 3. The minimum Gasteiger partial charge on any atom is -0.491 e. The summed E-state index contributed by atoms with van der Waals surface area (Å²) in [6, 6.07) is 8.31. The maximum Gasteiger partial charge on any atom is 0.119 e. The predicted molar refractivity (Wildman–Crippen MR) is 75.1 cm³/mol. The van der Waals surface area contributed by atoms with Crippen LogP contribution in [0, 0.1) is 6.92 Å². The molecule has 0 saturated heterocycles. The number of rotatable bonds is 8. The second-order valence-electron chi connectivity index (χ2n) is 4.88. The Morgan fingerprint density at radius 3 is 2.83 bits per heavy atom. The average molecular weight is 251 g/mol. The van der Waals surface area contributed by atoms with Crippen LogP contribution in [0.4, 0.5) is 0 Å². The van der Waals surface area contributed by atoms with E-state index in [-0.39, 0.29) is 0 Å². The summed E-state index contributed by atoms with van der Waals surface area (Å²) in [5.74, 6) is 0.815. The molecule has 2 atom stereocenters. The molecule has 3 heteroatoms. The van der Waals surface area contributed by atoms with Crippen LogP contribution < -0.4 is 10.1 Å². The van der Waals surface area contributed by atoms with Gasteiger partial charge in [-0.05, 0) is 38.0 Å². The highest BCUT2D eigenvalue weighted by Crippen LogP contribution is 2.12. The number of aliphatic hydroxyl groups excluding tert-OH is 1. The number of nitrogens with one attached hydrogen (secondary N) is 1. The van der Waals surface area contributed by atoms with Crippen molar-refractivity contribution in [2.75, 3.05) is 13.2 Å². The normalized spacial score (nSPS) is 14.2. The van der Waals surface area contributed by atoms with Crippen molar-refractivity contribution >= 4 is 0 Å². The summed E-state index contributed by atoms with van der Waals surface area (Å²) >= 11 is 0. The minimum absolute atomic E-state index is 0.329. The van der Waals surface area contributed by atoms with Gasteiger partial charge in [0.1, 0.15) is 18.5 Å². The van der Waals surface area contributed by atoms with E-state index in [0.29, 0.717) is 19.2 Å². The molecule has 1 aromatic rings. The monoisotopic (exact) mass is 251 g/mol. The molecule has 0 aliphatic heterocycles. The van der Waals surface area contributed by atoms with Gasteiger partial charge in [-0.15, -0.1) is 0 Å². The highest BCUT2D eigenvalue weighted by atomic mass is 16.5. The molecule has 3 nitrogen and oxygen atoms in total. The van der Waals surface area contributed by atoms with Gasteiger partial charge in [0.05, 0.1) is 0 Å². The third kappa shape index (κ3) is 6.03. The lowest BCUT2D eigenvalue weighted by Crippen LogP contribution is -2.36. The Morgan fingerprint density at radius 2 is 2.17 bits per heavy atom. The topological polar surface area (TPSA) is 41.5 Å². The molecular weight excluding hydrogens is 226 g/mol. The van der Waals surface area contributed by atoms with Crippen LogP contribution in [0.5, 0.6) is 5.75 Å². The van der Waals surface area contributed by atoms with Crippen LogP contribution >= 0.6 is 0 Å². The lowest BCUT2D eigenvalue weighted by molar-refractivity contribution is 0.104. The number of aliphatic hydroxyl groups is 1. The van der Waals surface area contributed by atoms with E-state index < -0.39 is 6.10 Å². The van der Waals surface area contributed by atoms with Crippen LogP contribution in [0.25, 0.3) is 0 Å². The molecule has 1 rings (SSSR count). The fourth-order valence-corrected chi connectivity index (χ4v) is 1.83. The van der Waals surface area contributed by atoms with E-state index >= 15 is 0 Å². The zero-order valence-electron chi connectivity index (χ0n) is 11.6. The first kappa shape index (κ1) is 15.0. The molecule has 2 unspecified atom stereocenters. The van der Waals surface area contributed by atoms with Gasteiger partial charge in [-0.2, -0.15) is 0 Å². The summed E-state index contributed by atoms with van der Waals surface area (Å²) in [6.45, 7) is 7.23. The third-order valence-electron chi connectivity index (χ3n) is 2.86. The first-order chi connectivity index (χ1) is 8.61. The van der Waals surface area contributed by atoms with Crippen LogP contribution in [0.15, 0.2) is 24.3 Å². The van der Waals surface area contributed by atoms with Gasteiger partial charge in [0, 0.05) is 12.6 Å². The van der Waals surface area contributed by atoms with Gasteiger partial charge in [0.25, 0.3) is 0 Å². The van der Waals surface area contributed by atoms with E-state index in [4.69, 9.17) is 4.74 Å². The summed E-state index contributed by atoms with van der Waals surface area (Å²) in [7, 11) is 0. The van der Waals surface area contributed by atoms with E-state index in [2.05, 4.69) is 19.2 Å². The van der Waals surface area contributed by atoms with Crippen molar-refractivity contribution in [2.45, 2.75) is 45.8 Å². The standard InChI is InChI=1S/C15H25NO2/c1-4-6-13(3)16-10-14(17)11-18-15-8-5-7-12(2)9-15/h5,7-9,13-14,16-17H,4,6,10-11H2,1-3H3. The molecule has 18 heavy (non-hydrogen) atoms. The Kier molecular flexibility index (Phi) is 6.76. The number of hydrogen-bond donors (Lipinski definition) is 2. The van der Waals surface area contributed by atoms with Crippen molar-refractivity contribution in [2.24, 2.45) is 0 Å². The molecule has 0 amide bonds. The van der Waals surface area contributed by atoms with Crippen LogP contribution in [-0.4, -0.2) is 30.4 Å². The number of benzene rings is 1. The first-order valence-corrected chi connectivity index (χ1v) is 6.72. The van der Waals surface area contributed by atoms with E-state index in [9.17, 15) is 5.11 Å². The van der Waals surface area contributed by atoms with Gasteiger partial charge in [-0.1, -0.05) is 25.5 Å². The Morgan fingerprint density at radius 1 is 1.39 bits per heavy atom. The smallest absolute Gasteiger partial charge is 0.119 e. The minimum atomic E-state index is -0.468. The van der Waals surface area contributed by atoms with Crippen molar-refractivity contribution in [1.82, 2.24) is 5.32 Å². The molecule has 2 N–H and O–H groups in total. The lowest BCUT2D eigenvalue weighted by atomic mass is 10.2. The number of ether oxygens (including phenoxy) is 1. The highest BCUT2D eigenvalue weighted by molar-refractivity contribution is 5.27. The summed E-state index contributed by atoms with van der Waals surface area (Å²) in [5.41, 5.74) is 1.16. The quantitative estimate of drug-likeness (QED) is 0.746. The summed E-state index contributed by atoms with van der Waals surface area (Å²) in [4.78, 5) is 0. The van der Waals surface area contributed by atoms with Gasteiger partial charge in [-0.25, -0.2) is 0 Å². The van der Waals surface area contributed by atoms with Crippen LogP contribution in [-0.2, 0) is 0 Å². The Balaban J connectivity index is 2.22. The van der Waals surface area contributed by atoms with Crippen molar-refractivity contribution < 1.29 is 9.84 Å². The van der Waals surface area contributed by atoms with Crippen LogP contribution in [0.2, 0.25) is 0 Å². The molecular formula is C15H25NO2. The van der Waals surface area contributed by atoms with Crippen molar-refractivity contribution in [3.05, 3.63) is 29.8 Å². The van der Waals surface area contributed by atoms with E-state index in [1.165, 1.54) is 0 Å². The molecule has 102 valence electrons. The molecule has 0 aliphatic rings. The van der Waals surface area contributed by atoms with E-state index in [1.807, 2.05) is 31.2 Å². The zero-order chi connectivity index (χ0) is 13.4. The summed E-state index contributed by atoms with van der Waals surface area (Å²) in [5, 5.41) is 13.1. The molecule has 0 spiro atoms. The van der Waals surface area contributed by atoms with Crippen LogP contribution in [0.3, 0.4) is 0 Å². The van der Waals surface area contributed by atoms with Gasteiger partial charge < -0.3 is 15.2 Å². The molecule has 0 aliphatic carbocycles. The fraction of sp³-hybridized carbons (Fsp3) is 0.600. The number of aryl methyl sites for hydroxylation is 1. The van der Waals surface area contributed by atoms with Crippen molar-refractivity contribution in [3.63, 3.8) is 0 Å². The molecule has 0 radical (unpaired) electrons. The Hall–Kier alpha value is -1.06. The van der Waals surface area contributed by atoms with E-state index in [1.54, 1.807) is 0 Å². The second kappa shape index (κ2) is 8.11. The summed E-state index contributed by atoms with van der Waals surface area (Å²) < 4.78 is 5.55. The molecule has 0 heterocycles. The first-order valence-electron chi connectivity index (χ1n) is 6.72. The molecule has 0 saturated carbocycles. The largest absolute Gasteiger partial charge is 0.491 e. The van der Waals surface area contributed by atoms with Gasteiger partial charge in [0.2, 0.25) is 0 Å². The average Bonchev–Trinajstić information content (AvgIpc) is 2.34. The SMILES string of the molecule is CCCC(C)NCC(O)COc1cccc(C)c1. The Labute approximate surface area is 110 Å². The molecule has 0 fully saturated rings. The highest BCUT2D eigenvalue weighted by Gasteiger charge is 2.07. The Bertz CT molecular complexity index is 341. The predicted octanol–water partition coefficient (Wildman–Crippen LogP) is 2.51. The molecule has 0 aromatic heterocycles. The lowest BCUT2D eigenvalue weighted by Gasteiger charge is -2.17. The second-order valence-corrected chi connectivity index (χ2v) is 4.88. The van der Waals surface area contributed by atoms with Gasteiger partial charge in [0.15, 0.2) is 0 Å².